The van der Waals surface area contributed by atoms with Crippen LogP contribution in [0, 0.1) is 0 Å². The molecular weight excluding hydrogens is 507 g/mol. The van der Waals surface area contributed by atoms with E-state index >= 15 is 0 Å². The van der Waals surface area contributed by atoms with Crippen molar-refractivity contribution in [3.63, 3.8) is 0 Å². The Hall–Kier alpha value is -3.43. The van der Waals surface area contributed by atoms with Gasteiger partial charge in [-0.1, -0.05) is 18.2 Å². The third-order valence-electron chi connectivity index (χ3n) is 7.84. The average molecular weight is 540 g/mol. The third kappa shape index (κ3) is 4.16. The monoisotopic (exact) mass is 541 g/mol. The summed E-state index contributed by atoms with van der Waals surface area (Å²) < 4.78 is 1.53. The average Bonchev–Trinajstić information content (AvgIpc) is 3.18. The van der Waals surface area contributed by atoms with E-state index in [9.17, 15) is 0 Å². The van der Waals surface area contributed by atoms with Gasteiger partial charge in [-0.05, 0) is 0 Å². The van der Waals surface area contributed by atoms with E-state index in [-0.39, 0.29) is 5.41 Å². The quantitative estimate of drug-likeness (QED) is 0.208. The maximum atomic E-state index is 4.94. The molecule has 1 nitrogen and oxygen atoms in total. The number of allylic oxidation sites excluding steroid dienone is 1. The van der Waals surface area contributed by atoms with Gasteiger partial charge in [-0.15, -0.1) is 0 Å². The summed E-state index contributed by atoms with van der Waals surface area (Å²) in [5.41, 5.74) is 10.0. The first kappa shape index (κ1) is 23.9. The fourth-order valence-corrected chi connectivity index (χ4v) is 8.32. The summed E-state index contributed by atoms with van der Waals surface area (Å²) in [6.45, 7) is 4.72. The van der Waals surface area contributed by atoms with Gasteiger partial charge in [0.25, 0.3) is 0 Å². The molecule has 0 amide bonds. The second-order valence-electron chi connectivity index (χ2n) is 11.7. The van der Waals surface area contributed by atoms with Crippen LogP contribution in [-0.2, 0) is 5.41 Å². The Morgan fingerprint density at radius 1 is 0.676 bits per heavy atom. The Balaban J connectivity index is 1.60. The molecule has 0 saturated carbocycles. The number of rotatable bonds is 4. The molecule has 6 rings (SSSR count). The fourth-order valence-electron chi connectivity index (χ4n) is 5.86. The van der Waals surface area contributed by atoms with Crippen LogP contribution in [0.25, 0.3) is 44.8 Å². The molecule has 1 heterocycles. The first-order valence-corrected chi connectivity index (χ1v) is 20.5. The molecule has 0 radical (unpaired) electrons. The van der Waals surface area contributed by atoms with Gasteiger partial charge in [0.05, 0.1) is 0 Å². The van der Waals surface area contributed by atoms with Gasteiger partial charge in [-0.25, -0.2) is 0 Å². The van der Waals surface area contributed by atoms with Crippen molar-refractivity contribution in [2.75, 3.05) is 0 Å². The van der Waals surface area contributed by atoms with Gasteiger partial charge in [0.2, 0.25) is 0 Å². The molecule has 0 spiro atoms. The van der Waals surface area contributed by atoms with Crippen molar-refractivity contribution in [2.45, 2.75) is 36.5 Å². The third-order valence-corrected chi connectivity index (χ3v) is 12.1. The van der Waals surface area contributed by atoms with Crippen molar-refractivity contribution >= 4 is 40.1 Å². The summed E-state index contributed by atoms with van der Waals surface area (Å²) in [5.74, 6) is 7.36. The van der Waals surface area contributed by atoms with Crippen LogP contribution in [0.4, 0.5) is 0 Å². The van der Waals surface area contributed by atoms with Gasteiger partial charge < -0.3 is 0 Å². The number of fused-ring (bicyclic) bond motifs is 2. The number of hydrogen-bond acceptors (Lipinski definition) is 1. The zero-order valence-corrected chi connectivity index (χ0v) is 24.4. The van der Waals surface area contributed by atoms with E-state index in [1.807, 2.05) is 6.20 Å². The summed E-state index contributed by atoms with van der Waals surface area (Å²) in [6.07, 6.45) is 4.37. The van der Waals surface area contributed by atoms with Crippen LogP contribution >= 0.6 is 0 Å². The van der Waals surface area contributed by atoms with Crippen molar-refractivity contribution in [1.82, 2.24) is 4.98 Å². The summed E-state index contributed by atoms with van der Waals surface area (Å²) in [6, 6.07) is 35.6. The van der Waals surface area contributed by atoms with Crippen LogP contribution in [0.15, 0.2) is 103 Å². The molecule has 37 heavy (non-hydrogen) atoms. The first-order valence-electron chi connectivity index (χ1n) is 13.1. The maximum absolute atomic E-state index is 4.94. The van der Waals surface area contributed by atoms with Gasteiger partial charge in [0.1, 0.15) is 0 Å². The molecule has 0 unspecified atom stereocenters. The van der Waals surface area contributed by atoms with E-state index in [0.717, 1.165) is 5.69 Å². The van der Waals surface area contributed by atoms with Crippen molar-refractivity contribution in [3.05, 3.63) is 120 Å². The van der Waals surface area contributed by atoms with Crippen molar-refractivity contribution in [3.8, 4) is 22.4 Å². The van der Waals surface area contributed by atoms with Gasteiger partial charge in [0.15, 0.2) is 0 Å². The number of benzene rings is 4. The van der Waals surface area contributed by atoms with Crippen molar-refractivity contribution in [1.29, 1.82) is 0 Å². The van der Waals surface area contributed by atoms with Crippen LogP contribution in [0.1, 0.15) is 30.5 Å². The Labute approximate surface area is 223 Å². The van der Waals surface area contributed by atoms with E-state index in [2.05, 4.69) is 134 Å². The molecule has 1 aliphatic carbocycles. The molecule has 4 aromatic carbocycles. The summed E-state index contributed by atoms with van der Waals surface area (Å²) in [4.78, 5) is 4.94. The zero-order chi connectivity index (χ0) is 25.8. The standard InChI is InChI=1S/C35H33GeN/c1-35(2)32(25-14-10-7-11-15-25)23-27-20-28(22-31(33(27)35)24-12-8-6-9-13-24)34-30-17-16-29(36(3,4)5)21-26(30)18-19-37-34/h6-23H,1-5H3. The van der Waals surface area contributed by atoms with Crippen LogP contribution in [-0.4, -0.2) is 18.3 Å². The summed E-state index contributed by atoms with van der Waals surface area (Å²) in [5, 5.41) is 2.51. The molecule has 0 saturated heterocycles. The zero-order valence-electron chi connectivity index (χ0n) is 22.3. The molecule has 0 aliphatic heterocycles. The topological polar surface area (TPSA) is 12.9 Å². The molecule has 1 aromatic heterocycles. The van der Waals surface area contributed by atoms with E-state index < -0.39 is 13.3 Å². The minimum atomic E-state index is -1.93. The Kier molecular flexibility index (Phi) is 5.73. The molecule has 1 aliphatic rings. The normalized spacial score (nSPS) is 14.5. The van der Waals surface area contributed by atoms with Crippen LogP contribution in [0.3, 0.4) is 0 Å². The number of nitrogens with zero attached hydrogens (tertiary/aromatic N) is 1. The minimum absolute atomic E-state index is 0.111. The van der Waals surface area contributed by atoms with Crippen molar-refractivity contribution in [2.24, 2.45) is 0 Å². The number of pyridine rings is 1. The van der Waals surface area contributed by atoms with Crippen LogP contribution in [0.2, 0.25) is 17.3 Å². The molecule has 5 aromatic rings. The molecule has 0 bridgehead atoms. The van der Waals surface area contributed by atoms with Crippen LogP contribution in [0.5, 0.6) is 0 Å². The summed E-state index contributed by atoms with van der Waals surface area (Å²) >= 11 is -1.93. The van der Waals surface area contributed by atoms with E-state index in [1.54, 1.807) is 0 Å². The Morgan fingerprint density at radius 2 is 1.35 bits per heavy atom. The fraction of sp³-hybridized carbons (Fsp3) is 0.171. The van der Waals surface area contributed by atoms with E-state index in [0.29, 0.717) is 0 Å². The number of aromatic nitrogens is 1. The number of hydrogen-bond donors (Lipinski definition) is 0. The second-order valence-corrected chi connectivity index (χ2v) is 22.4. The predicted molar refractivity (Wildman–Crippen MR) is 163 cm³/mol. The predicted octanol–water partition coefficient (Wildman–Crippen LogP) is 8.95. The van der Waals surface area contributed by atoms with Gasteiger partial charge in [0, 0.05) is 0 Å². The Bertz CT molecular complexity index is 1660. The summed E-state index contributed by atoms with van der Waals surface area (Å²) in [7, 11) is 0. The van der Waals surface area contributed by atoms with Gasteiger partial charge in [-0.2, -0.15) is 0 Å². The van der Waals surface area contributed by atoms with Crippen LogP contribution < -0.4 is 4.40 Å². The molecule has 2 heteroatoms. The molecule has 182 valence electrons. The van der Waals surface area contributed by atoms with E-state index in [4.69, 9.17) is 4.98 Å². The second kappa shape index (κ2) is 8.85. The van der Waals surface area contributed by atoms with Crippen molar-refractivity contribution < 1.29 is 0 Å². The molecule has 0 N–H and O–H groups in total. The SMILES string of the molecule is CC1(C)C(c2ccccc2)=Cc2cc(-c3nccc4c[c]([Ge]([CH3])([CH3])[CH3])ccc34)cc(-c3ccccc3)c21. The van der Waals surface area contributed by atoms with E-state index in [1.165, 1.54) is 54.1 Å². The molecular formula is C35H33GeN. The van der Waals surface area contributed by atoms with Gasteiger partial charge in [-0.3, -0.25) is 0 Å². The molecule has 0 atom stereocenters. The van der Waals surface area contributed by atoms with Gasteiger partial charge >= 0.3 is 206 Å². The first-order chi connectivity index (χ1) is 17.7. The Morgan fingerprint density at radius 3 is 2.03 bits per heavy atom. The molecule has 0 fully saturated rings.